The van der Waals surface area contributed by atoms with Crippen LogP contribution in [0.1, 0.15) is 12.8 Å². The van der Waals surface area contributed by atoms with E-state index in [-0.39, 0.29) is 6.04 Å². The van der Waals surface area contributed by atoms with Gasteiger partial charge in [-0.25, -0.2) is 0 Å². The second kappa shape index (κ2) is 5.98. The van der Waals surface area contributed by atoms with E-state index in [0.717, 1.165) is 0 Å². The zero-order valence-corrected chi connectivity index (χ0v) is 11.7. The highest BCUT2D eigenvalue weighted by Gasteiger charge is 2.69. The molecule has 0 bridgehead atoms. The highest BCUT2D eigenvalue weighted by molar-refractivity contribution is 6.65. The molecule has 0 aliphatic heterocycles. The summed E-state index contributed by atoms with van der Waals surface area (Å²) in [5.74, 6) is 0. The minimum absolute atomic E-state index is 0.0888. The van der Waals surface area contributed by atoms with Crippen LogP contribution in [0, 0.1) is 0 Å². The van der Waals surface area contributed by atoms with Gasteiger partial charge in [-0.2, -0.15) is 26.3 Å². The smallest absolute Gasteiger partial charge is 0.398 e. The van der Waals surface area contributed by atoms with Crippen LogP contribution in [-0.2, 0) is 8.85 Å². The summed E-state index contributed by atoms with van der Waals surface area (Å²) in [4.78, 5) is 0. The molecule has 0 aromatic heterocycles. The Hall–Kier alpha value is -0.323. The molecule has 0 aromatic rings. The van der Waals surface area contributed by atoms with E-state index in [1.165, 1.54) is 20.8 Å². The largest absolute Gasteiger partial charge is 0.426 e. The van der Waals surface area contributed by atoms with Crippen molar-refractivity contribution in [3.63, 3.8) is 0 Å². The van der Waals surface area contributed by atoms with E-state index in [2.05, 4.69) is 0 Å². The van der Waals surface area contributed by atoms with Gasteiger partial charge >= 0.3 is 20.9 Å². The molecule has 0 unspecified atom stereocenters. The van der Waals surface area contributed by atoms with Gasteiger partial charge in [0, 0.05) is 14.2 Å². The molecule has 0 spiro atoms. The first-order valence-electron chi connectivity index (χ1n) is 5.29. The van der Waals surface area contributed by atoms with Crippen LogP contribution in [0.3, 0.4) is 0 Å². The lowest BCUT2D eigenvalue weighted by Gasteiger charge is -2.33. The summed E-state index contributed by atoms with van der Waals surface area (Å²) in [5, 5.41) is 8.91. The molecular weight excluding hydrogens is 298 g/mol. The van der Waals surface area contributed by atoms with E-state index < -0.39 is 39.4 Å². The number of hydrogen-bond acceptors (Lipinski definition) is 3. The van der Waals surface area contributed by atoms with Crippen LogP contribution in [0.4, 0.5) is 26.3 Å². The van der Waals surface area contributed by atoms with Gasteiger partial charge in [0.05, 0.1) is 0 Å². The van der Waals surface area contributed by atoms with Crippen molar-refractivity contribution in [3.8, 4) is 0 Å². The number of hydrogen-bond donors (Lipinski definition) is 1. The Morgan fingerprint density at radius 3 is 1.58 bits per heavy atom. The normalized spacial score (nSPS) is 14.8. The summed E-state index contributed by atoms with van der Waals surface area (Å²) in [6, 6.07) is -0.0888. The lowest BCUT2D eigenvalue weighted by Crippen LogP contribution is -2.56. The fourth-order valence-corrected chi connectivity index (χ4v) is 2.79. The highest BCUT2D eigenvalue weighted by Crippen LogP contribution is 2.46. The van der Waals surface area contributed by atoms with Gasteiger partial charge in [0.15, 0.2) is 0 Å². The molecule has 0 atom stereocenters. The topological polar surface area (TPSA) is 38.7 Å². The summed E-state index contributed by atoms with van der Waals surface area (Å²) in [6.45, 7) is 1.51. The highest BCUT2D eigenvalue weighted by atomic mass is 28.4. The Morgan fingerprint density at radius 1 is 0.947 bits per heavy atom. The van der Waals surface area contributed by atoms with Crippen molar-refractivity contribution in [3.05, 3.63) is 0 Å². The lowest BCUT2D eigenvalue weighted by atomic mass is 9.97. The average molecular weight is 314 g/mol. The number of rotatable bonds is 6. The van der Waals surface area contributed by atoms with Gasteiger partial charge in [-0.05, 0) is 25.4 Å². The van der Waals surface area contributed by atoms with Crippen molar-refractivity contribution < 1.29 is 40.3 Å². The van der Waals surface area contributed by atoms with Gasteiger partial charge in [-0.15, -0.1) is 0 Å². The number of aliphatic hydroxyl groups is 1. The second-order valence-electron chi connectivity index (χ2n) is 4.25. The third-order valence-corrected chi connectivity index (χ3v) is 5.96. The van der Waals surface area contributed by atoms with Crippen LogP contribution in [0.2, 0.25) is 12.6 Å². The van der Waals surface area contributed by atoms with Crippen molar-refractivity contribution >= 4 is 8.56 Å². The molecule has 1 N–H and O–H groups in total. The molecule has 0 rings (SSSR count). The first-order valence-corrected chi connectivity index (χ1v) is 7.81. The summed E-state index contributed by atoms with van der Waals surface area (Å²) >= 11 is 0. The maximum atomic E-state index is 12.4. The van der Waals surface area contributed by atoms with Crippen molar-refractivity contribution in [2.24, 2.45) is 0 Å². The number of halogens is 6. The van der Waals surface area contributed by atoms with Gasteiger partial charge < -0.3 is 14.0 Å². The molecule has 10 heteroatoms. The fourth-order valence-electron chi connectivity index (χ4n) is 1.40. The summed E-state index contributed by atoms with van der Waals surface area (Å²) < 4.78 is 84.1. The molecule has 0 saturated heterocycles. The van der Waals surface area contributed by atoms with Crippen molar-refractivity contribution in [1.29, 1.82) is 0 Å². The van der Waals surface area contributed by atoms with E-state index >= 15 is 0 Å². The Balaban J connectivity index is 4.82. The van der Waals surface area contributed by atoms with Crippen LogP contribution in [0.15, 0.2) is 0 Å². The maximum Gasteiger partial charge on any atom is 0.426 e. The van der Waals surface area contributed by atoms with Gasteiger partial charge in [-0.3, -0.25) is 0 Å². The lowest BCUT2D eigenvalue weighted by molar-refractivity contribution is -0.370. The minimum atomic E-state index is -5.77. The molecule has 0 amide bonds. The van der Waals surface area contributed by atoms with E-state index in [0.29, 0.717) is 0 Å². The standard InChI is InChI=1S/C9H16F6O3Si/c1-17-19(3,18-2)6-4-5-7(16,8(10,11)12)9(13,14)15/h16H,4-6H2,1-3H3. The van der Waals surface area contributed by atoms with Crippen molar-refractivity contribution in [1.82, 2.24) is 0 Å². The third-order valence-electron chi connectivity index (χ3n) is 2.97. The van der Waals surface area contributed by atoms with E-state index in [4.69, 9.17) is 14.0 Å². The molecule has 19 heavy (non-hydrogen) atoms. The van der Waals surface area contributed by atoms with Crippen LogP contribution >= 0.6 is 0 Å². The summed E-state index contributed by atoms with van der Waals surface area (Å²) in [6.07, 6.45) is -13.5. The molecule has 0 aliphatic carbocycles. The molecule has 0 saturated carbocycles. The molecule has 0 fully saturated rings. The second-order valence-corrected chi connectivity index (χ2v) is 7.84. The van der Waals surface area contributed by atoms with Gasteiger partial charge in [0.25, 0.3) is 5.60 Å². The molecule has 0 heterocycles. The summed E-state index contributed by atoms with van der Waals surface area (Å²) in [5.41, 5.74) is -4.70. The average Bonchev–Trinajstić information content (AvgIpc) is 2.25. The van der Waals surface area contributed by atoms with Crippen LogP contribution < -0.4 is 0 Å². The Kier molecular flexibility index (Phi) is 5.88. The first kappa shape index (κ1) is 18.7. The minimum Gasteiger partial charge on any atom is -0.398 e. The van der Waals surface area contributed by atoms with Gasteiger partial charge in [-0.1, -0.05) is 0 Å². The monoisotopic (exact) mass is 314 g/mol. The maximum absolute atomic E-state index is 12.4. The molecule has 0 aromatic carbocycles. The molecule has 0 radical (unpaired) electrons. The van der Waals surface area contributed by atoms with Crippen LogP contribution in [0.5, 0.6) is 0 Å². The third kappa shape index (κ3) is 4.33. The zero-order chi connectivity index (χ0) is 15.5. The van der Waals surface area contributed by atoms with Crippen molar-refractivity contribution in [2.75, 3.05) is 14.2 Å². The van der Waals surface area contributed by atoms with Gasteiger partial charge in [0.2, 0.25) is 0 Å². The molecule has 0 aliphatic rings. The predicted molar refractivity (Wildman–Crippen MR) is 56.7 cm³/mol. The molecule has 116 valence electrons. The van der Waals surface area contributed by atoms with Crippen LogP contribution in [-0.4, -0.2) is 45.8 Å². The Bertz CT molecular complexity index is 273. The fraction of sp³-hybridized carbons (Fsp3) is 1.00. The SMILES string of the molecule is CO[Si](C)(CCCC(O)(C(F)(F)F)C(F)(F)F)OC. The molecule has 3 nitrogen and oxygen atoms in total. The van der Waals surface area contributed by atoms with E-state index in [9.17, 15) is 26.3 Å². The first-order chi connectivity index (χ1) is 8.33. The quantitative estimate of drug-likeness (QED) is 0.605. The van der Waals surface area contributed by atoms with E-state index in [1.54, 1.807) is 0 Å². The number of alkyl halides is 6. The predicted octanol–water partition coefficient (Wildman–Crippen LogP) is 2.99. The Labute approximate surface area is 107 Å². The van der Waals surface area contributed by atoms with Crippen LogP contribution in [0.25, 0.3) is 0 Å². The summed E-state index contributed by atoms with van der Waals surface area (Å²) in [7, 11) is -0.215. The molecular formula is C9H16F6O3Si. The zero-order valence-electron chi connectivity index (χ0n) is 10.7. The van der Waals surface area contributed by atoms with E-state index in [1.807, 2.05) is 0 Å². The van der Waals surface area contributed by atoms with Gasteiger partial charge in [0.1, 0.15) is 0 Å². The Morgan fingerprint density at radius 2 is 1.32 bits per heavy atom. The van der Waals surface area contributed by atoms with Crippen molar-refractivity contribution in [2.45, 2.75) is 43.4 Å².